The minimum Gasteiger partial charge on any atom is -0.279 e. The predicted octanol–water partition coefficient (Wildman–Crippen LogP) is 0.153. The van der Waals surface area contributed by atoms with E-state index in [1.165, 1.54) is 0 Å². The third kappa shape index (κ3) is 14.4. The molecule has 0 aromatic rings. The van der Waals surface area contributed by atoms with Crippen molar-refractivity contribution < 1.29 is 43.0 Å². The highest BCUT2D eigenvalue weighted by Gasteiger charge is 2.44. The zero-order valence-electron chi connectivity index (χ0n) is 5.36. The highest BCUT2D eigenvalue weighted by Crippen LogP contribution is 2.20. The summed E-state index contributed by atoms with van der Waals surface area (Å²) >= 11 is 0. The van der Waals surface area contributed by atoms with Gasteiger partial charge in [0.1, 0.15) is 0 Å². The molecule has 0 bridgehead atoms. The lowest BCUT2D eigenvalue weighted by atomic mass is 11.6. The first-order valence-electron chi connectivity index (χ1n) is 1.96. The van der Waals surface area contributed by atoms with E-state index in [1.54, 1.807) is 0 Å². The molecule has 0 heterocycles. The lowest BCUT2D eigenvalue weighted by Gasteiger charge is -1.97. The summed E-state index contributed by atoms with van der Waals surface area (Å²) in [5.41, 5.74) is -5.53. The molecule has 0 aliphatic heterocycles. The molecule has 0 atom stereocenters. The van der Waals surface area contributed by atoms with E-state index < -0.39 is 26.1 Å². The van der Waals surface area contributed by atoms with Crippen molar-refractivity contribution in [2.75, 3.05) is 0 Å². The molecule has 0 saturated carbocycles. The summed E-state index contributed by atoms with van der Waals surface area (Å²) < 4.78 is 91.6. The standard InChI is InChI=1S/CHF3O3S.FHO3S/c2-1(3,4)8(5,6)7;1-5(2,3)4/h(H,5,6,7);(H,2,3,4). The molecule has 0 aliphatic rings. The molecule has 0 amide bonds. The number of alkyl halides is 3. The molecule has 6 nitrogen and oxygen atoms in total. The first kappa shape index (κ1) is 15.0. The van der Waals surface area contributed by atoms with Gasteiger partial charge < -0.3 is 0 Å². The molecule has 0 radical (unpaired) electrons. The number of hydrogen-bond acceptors (Lipinski definition) is 4. The molecular formula is CH2F4O6S2. The number of halogens is 4. The largest absolute Gasteiger partial charge is 0.522 e. The Labute approximate surface area is 70.0 Å². The number of hydrogen-bond donors (Lipinski definition) is 2. The van der Waals surface area contributed by atoms with E-state index >= 15 is 0 Å². The Morgan fingerprint density at radius 1 is 0.923 bits per heavy atom. The van der Waals surface area contributed by atoms with Gasteiger partial charge in [0.15, 0.2) is 0 Å². The van der Waals surface area contributed by atoms with Gasteiger partial charge in [-0.2, -0.15) is 30.0 Å². The van der Waals surface area contributed by atoms with Crippen molar-refractivity contribution >= 4 is 20.6 Å². The summed E-state index contributed by atoms with van der Waals surface area (Å²) in [6.07, 6.45) is 0. The van der Waals surface area contributed by atoms with E-state index in [9.17, 15) is 17.1 Å². The number of rotatable bonds is 0. The van der Waals surface area contributed by atoms with E-state index in [1.807, 2.05) is 0 Å². The summed E-state index contributed by atoms with van der Waals surface area (Å²) in [4.78, 5) is 0. The molecule has 0 aromatic heterocycles. The van der Waals surface area contributed by atoms with Crippen molar-refractivity contribution in [3.05, 3.63) is 0 Å². The summed E-state index contributed by atoms with van der Waals surface area (Å²) in [5, 5.41) is 0. The molecule has 82 valence electrons. The van der Waals surface area contributed by atoms with Crippen molar-refractivity contribution in [2.45, 2.75) is 5.51 Å². The molecule has 13 heavy (non-hydrogen) atoms. The lowest BCUT2D eigenvalue weighted by molar-refractivity contribution is -0.0510. The van der Waals surface area contributed by atoms with Crippen molar-refractivity contribution in [3.63, 3.8) is 0 Å². The zero-order chi connectivity index (χ0) is 11.5. The molecule has 0 rings (SSSR count). The van der Waals surface area contributed by atoms with Gasteiger partial charge in [0.25, 0.3) is 0 Å². The summed E-state index contributed by atoms with van der Waals surface area (Å²) in [5.74, 6) is 0. The molecule has 0 unspecified atom stereocenters. The highest BCUT2D eigenvalue weighted by atomic mass is 32.3. The molecule has 0 spiro atoms. The van der Waals surface area contributed by atoms with Crippen molar-refractivity contribution in [2.24, 2.45) is 0 Å². The van der Waals surface area contributed by atoms with Crippen LogP contribution in [0.2, 0.25) is 0 Å². The molecule has 0 fully saturated rings. The van der Waals surface area contributed by atoms with Gasteiger partial charge in [-0.05, 0) is 0 Å². The van der Waals surface area contributed by atoms with Crippen LogP contribution in [0.3, 0.4) is 0 Å². The van der Waals surface area contributed by atoms with E-state index in [0.29, 0.717) is 0 Å². The lowest BCUT2D eigenvalue weighted by Crippen LogP contribution is -2.21. The molecule has 0 aliphatic carbocycles. The van der Waals surface area contributed by atoms with Gasteiger partial charge >= 0.3 is 26.1 Å². The molecular weight excluding hydrogens is 248 g/mol. The van der Waals surface area contributed by atoms with E-state index in [-0.39, 0.29) is 0 Å². The second kappa shape index (κ2) is 4.17. The van der Waals surface area contributed by atoms with Gasteiger partial charge in [0.05, 0.1) is 0 Å². The average molecular weight is 250 g/mol. The Kier molecular flexibility index (Phi) is 4.82. The Morgan fingerprint density at radius 2 is 1.00 bits per heavy atom. The van der Waals surface area contributed by atoms with Crippen LogP contribution < -0.4 is 0 Å². The van der Waals surface area contributed by atoms with Crippen molar-refractivity contribution in [1.82, 2.24) is 0 Å². The zero-order valence-corrected chi connectivity index (χ0v) is 6.99. The third-order valence-electron chi connectivity index (χ3n) is 0.292. The smallest absolute Gasteiger partial charge is 0.279 e. The Balaban J connectivity index is 0. The van der Waals surface area contributed by atoms with Gasteiger partial charge in [-0.15, -0.1) is 0 Å². The quantitative estimate of drug-likeness (QED) is 0.274. The van der Waals surface area contributed by atoms with Crippen molar-refractivity contribution in [3.8, 4) is 0 Å². The van der Waals surface area contributed by atoms with Gasteiger partial charge in [-0.3, -0.25) is 9.11 Å². The highest BCUT2D eigenvalue weighted by molar-refractivity contribution is 7.86. The third-order valence-corrected chi connectivity index (χ3v) is 0.877. The van der Waals surface area contributed by atoms with Crippen LogP contribution in [0.15, 0.2) is 0 Å². The topological polar surface area (TPSA) is 109 Å². The molecule has 2 N–H and O–H groups in total. The maximum absolute atomic E-state index is 10.7. The van der Waals surface area contributed by atoms with Crippen LogP contribution in [-0.2, 0) is 20.6 Å². The fourth-order valence-corrected chi connectivity index (χ4v) is 0. The SMILES string of the molecule is O=S(=O)(O)C(F)(F)F.O=S(=O)(O)F. The van der Waals surface area contributed by atoms with Crippen LogP contribution >= 0.6 is 0 Å². The molecule has 0 aromatic carbocycles. The van der Waals surface area contributed by atoms with Gasteiger partial charge in [0.2, 0.25) is 0 Å². The van der Waals surface area contributed by atoms with E-state index in [4.69, 9.17) is 25.9 Å². The van der Waals surface area contributed by atoms with Crippen LogP contribution in [0.1, 0.15) is 0 Å². The van der Waals surface area contributed by atoms with E-state index in [2.05, 4.69) is 0 Å². The fraction of sp³-hybridized carbons (Fsp3) is 1.00. The van der Waals surface area contributed by atoms with Crippen LogP contribution in [0, 0.1) is 0 Å². The summed E-state index contributed by atoms with van der Waals surface area (Å²) in [7, 11) is -11.0. The normalized spacial score (nSPS) is 13.1. The summed E-state index contributed by atoms with van der Waals surface area (Å²) in [6, 6.07) is 0. The Bertz CT molecular complexity index is 325. The molecule has 12 heteroatoms. The van der Waals surface area contributed by atoms with Gasteiger partial charge in [0, 0.05) is 0 Å². The first-order valence-corrected chi connectivity index (χ1v) is 4.74. The van der Waals surface area contributed by atoms with Crippen LogP contribution in [-0.4, -0.2) is 31.4 Å². The fourth-order valence-electron chi connectivity index (χ4n) is 0. The predicted molar refractivity (Wildman–Crippen MR) is 30.3 cm³/mol. The molecule has 0 saturated heterocycles. The minimum absolute atomic E-state index is 5.17. The van der Waals surface area contributed by atoms with Crippen LogP contribution in [0.5, 0.6) is 0 Å². The van der Waals surface area contributed by atoms with Crippen LogP contribution in [0.25, 0.3) is 0 Å². The second-order valence-corrected chi connectivity index (χ2v) is 3.57. The van der Waals surface area contributed by atoms with Crippen LogP contribution in [0.4, 0.5) is 17.1 Å². The maximum atomic E-state index is 10.7. The Morgan fingerprint density at radius 3 is 1.00 bits per heavy atom. The summed E-state index contributed by atoms with van der Waals surface area (Å²) in [6.45, 7) is 0. The van der Waals surface area contributed by atoms with Gasteiger partial charge in [-0.25, -0.2) is 0 Å². The average Bonchev–Trinajstić information content (AvgIpc) is 1.50. The van der Waals surface area contributed by atoms with E-state index in [0.717, 1.165) is 0 Å². The monoisotopic (exact) mass is 250 g/mol. The first-order chi connectivity index (χ1) is 5.25. The Hall–Kier alpha value is -0.460. The maximum Gasteiger partial charge on any atom is 0.522 e. The van der Waals surface area contributed by atoms with Gasteiger partial charge in [-0.1, -0.05) is 3.89 Å². The second-order valence-electron chi connectivity index (χ2n) is 1.33. The van der Waals surface area contributed by atoms with Crippen molar-refractivity contribution in [1.29, 1.82) is 0 Å². The minimum atomic E-state index is -5.84.